The van der Waals surface area contributed by atoms with Crippen molar-refractivity contribution in [3.05, 3.63) is 0 Å². The van der Waals surface area contributed by atoms with Crippen molar-refractivity contribution in [2.24, 2.45) is 5.92 Å². The first-order valence-electron chi connectivity index (χ1n) is 5.83. The molecule has 3 amide bonds. The van der Waals surface area contributed by atoms with Gasteiger partial charge in [0, 0.05) is 23.6 Å². The summed E-state index contributed by atoms with van der Waals surface area (Å²) in [6, 6.07) is -0.928. The molecule has 0 aliphatic carbocycles. The molecule has 0 bridgehead atoms. The number of likely N-dealkylation sites (N-methyl/N-ethyl adjacent to an activating group) is 1. The molecule has 0 saturated carbocycles. The van der Waals surface area contributed by atoms with Gasteiger partial charge < -0.3 is 0 Å². The van der Waals surface area contributed by atoms with E-state index < -0.39 is 6.04 Å². The summed E-state index contributed by atoms with van der Waals surface area (Å²) in [6.07, 6.45) is 1.33. The minimum atomic E-state index is -0.587. The minimum absolute atomic E-state index is 0.147. The lowest BCUT2D eigenvalue weighted by atomic mass is 10.1. The van der Waals surface area contributed by atoms with Gasteiger partial charge in [0.05, 0.1) is 13.6 Å². The highest BCUT2D eigenvalue weighted by Crippen LogP contribution is 2.29. The number of rotatable bonds is 5. The highest BCUT2D eigenvalue weighted by molar-refractivity contribution is 6.24. The normalized spacial score (nSPS) is 31.1. The first kappa shape index (κ1) is 14.7. The number of hydrogen-bond donors (Lipinski definition) is 0. The molecular weight excluding hydrogens is 263 g/mol. The Hall–Kier alpha value is -0.320. The van der Waals surface area contributed by atoms with Crippen LogP contribution in [0.15, 0.2) is 0 Å². The molecule has 17 heavy (non-hydrogen) atoms. The van der Waals surface area contributed by atoms with Crippen LogP contribution in [0.2, 0.25) is 0 Å². The SMILES string of the molecule is CCC(C)C[N+]1(C)C(=O)C(CCCl)N(Cl)C1=O. The van der Waals surface area contributed by atoms with Gasteiger partial charge in [-0.15, -0.1) is 11.6 Å². The molecule has 1 aliphatic rings. The average Bonchev–Trinajstić information content (AvgIpc) is 2.45. The summed E-state index contributed by atoms with van der Waals surface area (Å²) >= 11 is 11.5. The van der Waals surface area contributed by atoms with Crippen molar-refractivity contribution in [2.45, 2.75) is 32.7 Å². The van der Waals surface area contributed by atoms with Crippen LogP contribution in [0.1, 0.15) is 26.7 Å². The molecule has 3 atom stereocenters. The molecule has 0 radical (unpaired) electrons. The summed E-state index contributed by atoms with van der Waals surface area (Å²) in [7, 11) is 1.64. The van der Waals surface area contributed by atoms with Gasteiger partial charge in [-0.2, -0.15) is 8.90 Å². The van der Waals surface area contributed by atoms with Crippen molar-refractivity contribution in [2.75, 3.05) is 19.5 Å². The van der Waals surface area contributed by atoms with Crippen LogP contribution < -0.4 is 0 Å². The van der Waals surface area contributed by atoms with E-state index in [0.717, 1.165) is 10.8 Å². The molecule has 4 nitrogen and oxygen atoms in total. The lowest BCUT2D eigenvalue weighted by Crippen LogP contribution is -2.52. The van der Waals surface area contributed by atoms with Crippen LogP contribution in [0, 0.1) is 5.92 Å². The van der Waals surface area contributed by atoms with E-state index in [1.165, 1.54) is 0 Å². The maximum atomic E-state index is 12.3. The summed E-state index contributed by atoms with van der Waals surface area (Å²) in [4.78, 5) is 24.3. The molecule has 6 heteroatoms. The van der Waals surface area contributed by atoms with Crippen molar-refractivity contribution in [1.29, 1.82) is 0 Å². The van der Waals surface area contributed by atoms with Crippen LogP contribution in [0.3, 0.4) is 0 Å². The zero-order valence-electron chi connectivity index (χ0n) is 10.4. The Morgan fingerprint density at radius 1 is 1.47 bits per heavy atom. The summed E-state index contributed by atoms with van der Waals surface area (Å²) < 4.78 is 0.785. The van der Waals surface area contributed by atoms with Crippen LogP contribution in [0.25, 0.3) is 0 Å². The maximum absolute atomic E-state index is 12.3. The zero-order valence-corrected chi connectivity index (χ0v) is 12.0. The molecule has 1 aliphatic heterocycles. The largest absolute Gasteiger partial charge is 0.441 e. The van der Waals surface area contributed by atoms with Gasteiger partial charge in [-0.3, -0.25) is 0 Å². The Morgan fingerprint density at radius 3 is 2.53 bits per heavy atom. The van der Waals surface area contributed by atoms with Gasteiger partial charge in [0.25, 0.3) is 0 Å². The number of urea groups is 1. The predicted octanol–water partition coefficient (Wildman–Crippen LogP) is 2.59. The number of hydrogen-bond acceptors (Lipinski definition) is 2. The molecule has 0 aromatic carbocycles. The van der Waals surface area contributed by atoms with E-state index in [4.69, 9.17) is 23.4 Å². The van der Waals surface area contributed by atoms with Gasteiger partial charge in [0.1, 0.15) is 0 Å². The minimum Gasteiger partial charge on any atom is -0.228 e. The third-order valence-electron chi connectivity index (χ3n) is 3.41. The molecule has 0 aromatic heterocycles. The topological polar surface area (TPSA) is 37.4 Å². The maximum Gasteiger partial charge on any atom is 0.441 e. The van der Waals surface area contributed by atoms with E-state index in [-0.39, 0.29) is 16.4 Å². The molecular formula is C11H19Cl2N2O2+. The number of alkyl halides is 1. The lowest BCUT2D eigenvalue weighted by molar-refractivity contribution is -0.751. The molecule has 0 aromatic rings. The number of carbonyl (C=O) groups excluding carboxylic acids is 2. The second-order valence-electron chi connectivity index (χ2n) is 4.81. The Morgan fingerprint density at radius 2 is 2.06 bits per heavy atom. The van der Waals surface area contributed by atoms with Crippen LogP contribution in [-0.2, 0) is 4.79 Å². The van der Waals surface area contributed by atoms with Gasteiger partial charge in [-0.1, -0.05) is 13.8 Å². The highest BCUT2D eigenvalue weighted by atomic mass is 35.5. The van der Waals surface area contributed by atoms with E-state index in [2.05, 4.69) is 0 Å². The monoisotopic (exact) mass is 281 g/mol. The van der Waals surface area contributed by atoms with Crippen LogP contribution in [0.4, 0.5) is 4.79 Å². The van der Waals surface area contributed by atoms with Gasteiger partial charge >= 0.3 is 11.9 Å². The lowest BCUT2D eigenvalue weighted by Gasteiger charge is -2.25. The van der Waals surface area contributed by atoms with Crippen molar-refractivity contribution in [1.82, 2.24) is 4.42 Å². The summed E-state index contributed by atoms with van der Waals surface area (Å²) in [5.41, 5.74) is 0. The Balaban J connectivity index is 2.93. The number of amides is 3. The fourth-order valence-corrected chi connectivity index (χ4v) is 2.68. The Bertz CT molecular complexity index is 325. The van der Waals surface area contributed by atoms with Crippen LogP contribution in [-0.4, -0.2) is 46.4 Å². The van der Waals surface area contributed by atoms with Crippen molar-refractivity contribution < 1.29 is 14.1 Å². The molecule has 1 saturated heterocycles. The third-order valence-corrected chi connectivity index (χ3v) is 4.00. The zero-order chi connectivity index (χ0) is 13.2. The summed E-state index contributed by atoms with van der Waals surface area (Å²) in [5.74, 6) is 0.467. The standard InChI is InChI=1S/C11H19Cl2N2O2/c1-4-8(2)7-15(3)10(16)9(5-6-12)14(13)11(15)17/h8-9H,4-7H2,1-3H3/q+1. The molecule has 1 rings (SSSR count). The van der Waals surface area contributed by atoms with Gasteiger partial charge in [-0.25, -0.2) is 9.59 Å². The molecule has 0 N–H and O–H groups in total. The molecule has 3 unspecified atom stereocenters. The first-order chi connectivity index (χ1) is 7.88. The van der Waals surface area contributed by atoms with Gasteiger partial charge in [-0.05, 0) is 12.8 Å². The Labute approximate surface area is 112 Å². The number of nitrogens with zero attached hydrogens (tertiary/aromatic N) is 2. The van der Waals surface area contributed by atoms with Crippen molar-refractivity contribution in [3.8, 4) is 0 Å². The summed E-state index contributed by atoms with van der Waals surface area (Å²) in [5, 5.41) is 0. The van der Waals surface area contributed by atoms with Gasteiger partial charge in [0.15, 0.2) is 6.04 Å². The Kier molecular flexibility index (Phi) is 4.81. The van der Waals surface area contributed by atoms with E-state index in [1.807, 2.05) is 13.8 Å². The molecule has 0 spiro atoms. The number of quaternary nitrogens is 1. The van der Waals surface area contributed by atoms with E-state index in [0.29, 0.717) is 24.8 Å². The van der Waals surface area contributed by atoms with E-state index >= 15 is 0 Å². The second kappa shape index (κ2) is 5.55. The van der Waals surface area contributed by atoms with E-state index in [9.17, 15) is 9.59 Å². The number of imide groups is 1. The highest BCUT2D eigenvalue weighted by Gasteiger charge is 2.57. The molecule has 1 heterocycles. The smallest absolute Gasteiger partial charge is 0.228 e. The van der Waals surface area contributed by atoms with E-state index in [1.54, 1.807) is 7.05 Å². The van der Waals surface area contributed by atoms with Crippen LogP contribution in [0.5, 0.6) is 0 Å². The summed E-state index contributed by atoms with van der Waals surface area (Å²) in [6.45, 7) is 4.56. The van der Waals surface area contributed by atoms with Crippen molar-refractivity contribution >= 4 is 35.3 Å². The average molecular weight is 282 g/mol. The first-order valence-corrected chi connectivity index (χ1v) is 6.71. The second-order valence-corrected chi connectivity index (χ2v) is 5.56. The number of carbonyl (C=O) groups is 2. The fraction of sp³-hybridized carbons (Fsp3) is 0.818. The molecule has 98 valence electrons. The third kappa shape index (κ3) is 2.59. The van der Waals surface area contributed by atoms with Gasteiger partial charge in [0.2, 0.25) is 0 Å². The number of halogens is 2. The fourth-order valence-electron chi connectivity index (χ4n) is 2.12. The molecule has 1 fully saturated rings. The predicted molar refractivity (Wildman–Crippen MR) is 67.7 cm³/mol. The van der Waals surface area contributed by atoms with Crippen molar-refractivity contribution in [3.63, 3.8) is 0 Å². The van der Waals surface area contributed by atoms with Crippen LogP contribution >= 0.6 is 23.4 Å². The quantitative estimate of drug-likeness (QED) is 0.336.